The number of nitrogens with one attached hydrogen (secondary N) is 1. The molecule has 0 saturated carbocycles. The maximum atomic E-state index is 12.5. The minimum Gasteiger partial charge on any atom is -0.454 e. The van der Waals surface area contributed by atoms with E-state index in [4.69, 9.17) is 4.42 Å². The predicted octanol–water partition coefficient (Wildman–Crippen LogP) is 3.13. The second-order valence-electron chi connectivity index (χ2n) is 5.04. The molecule has 4 nitrogen and oxygen atoms in total. The van der Waals surface area contributed by atoms with Gasteiger partial charge in [-0.3, -0.25) is 4.79 Å². The molecule has 0 radical (unpaired) electrons. The van der Waals surface area contributed by atoms with E-state index in [9.17, 15) is 9.90 Å². The van der Waals surface area contributed by atoms with E-state index in [1.807, 2.05) is 31.2 Å². The molecule has 3 rings (SSSR count). The number of aliphatic hydroxyl groups is 1. The average molecular weight is 283 g/mol. The molecule has 0 fully saturated rings. The van der Waals surface area contributed by atoms with Gasteiger partial charge in [0.15, 0.2) is 5.58 Å². The average Bonchev–Trinajstić information content (AvgIpc) is 2.53. The highest BCUT2D eigenvalue weighted by Crippen LogP contribution is 2.25. The molecule has 0 aliphatic rings. The number of fused-ring (bicyclic) bond motifs is 2. The zero-order valence-electron chi connectivity index (χ0n) is 11.8. The summed E-state index contributed by atoms with van der Waals surface area (Å²) in [6, 6.07) is 12.6. The van der Waals surface area contributed by atoms with Crippen LogP contribution >= 0.6 is 0 Å². The Balaban J connectivity index is 2.25. The Bertz CT molecular complexity index is 834. The van der Waals surface area contributed by atoms with Crippen LogP contribution in [0.2, 0.25) is 0 Å². The van der Waals surface area contributed by atoms with Crippen molar-refractivity contribution in [2.75, 3.05) is 11.9 Å². The van der Waals surface area contributed by atoms with Gasteiger partial charge in [-0.05, 0) is 30.7 Å². The summed E-state index contributed by atoms with van der Waals surface area (Å²) in [5.41, 5.74) is 1.80. The summed E-state index contributed by atoms with van der Waals surface area (Å²) < 4.78 is 5.90. The Morgan fingerprint density at radius 2 is 1.90 bits per heavy atom. The van der Waals surface area contributed by atoms with Gasteiger partial charge in [0, 0.05) is 6.04 Å². The molecule has 0 aliphatic heterocycles. The molecular weight excluding hydrogens is 266 g/mol. The first-order valence-corrected chi connectivity index (χ1v) is 7.06. The van der Waals surface area contributed by atoms with Crippen molar-refractivity contribution < 1.29 is 9.52 Å². The summed E-state index contributed by atoms with van der Waals surface area (Å²) in [5, 5.41) is 13.7. The van der Waals surface area contributed by atoms with Gasteiger partial charge < -0.3 is 14.8 Å². The van der Waals surface area contributed by atoms with Gasteiger partial charge >= 0.3 is 0 Å². The fourth-order valence-electron chi connectivity index (χ4n) is 2.43. The van der Waals surface area contributed by atoms with E-state index in [1.165, 1.54) is 0 Å². The Kier molecular flexibility index (Phi) is 3.62. The van der Waals surface area contributed by atoms with Crippen LogP contribution in [-0.2, 0) is 0 Å². The number of aliphatic hydroxyl groups excluding tert-OH is 1. The lowest BCUT2D eigenvalue weighted by Crippen LogP contribution is -2.22. The minimum absolute atomic E-state index is 0.0324. The lowest BCUT2D eigenvalue weighted by Gasteiger charge is -2.16. The maximum Gasteiger partial charge on any atom is 0.200 e. The number of rotatable bonds is 4. The molecule has 2 N–H and O–H groups in total. The lowest BCUT2D eigenvalue weighted by atomic mass is 10.1. The second-order valence-corrected chi connectivity index (χ2v) is 5.04. The van der Waals surface area contributed by atoms with Crippen molar-refractivity contribution in [3.05, 3.63) is 52.7 Å². The Hall–Kier alpha value is -2.33. The zero-order valence-corrected chi connectivity index (χ0v) is 11.8. The van der Waals surface area contributed by atoms with Crippen LogP contribution in [0.1, 0.15) is 13.3 Å². The highest BCUT2D eigenvalue weighted by molar-refractivity contribution is 5.95. The molecule has 1 heterocycles. The molecule has 0 aliphatic carbocycles. The van der Waals surface area contributed by atoms with E-state index < -0.39 is 0 Å². The van der Waals surface area contributed by atoms with Gasteiger partial charge in [-0.25, -0.2) is 0 Å². The Labute approximate surface area is 122 Å². The summed E-state index contributed by atoms with van der Waals surface area (Å²) in [5.74, 6) is 0. The predicted molar refractivity (Wildman–Crippen MR) is 84.8 cm³/mol. The van der Waals surface area contributed by atoms with Crippen molar-refractivity contribution in [3.8, 4) is 0 Å². The largest absolute Gasteiger partial charge is 0.454 e. The van der Waals surface area contributed by atoms with Crippen molar-refractivity contribution in [1.29, 1.82) is 0 Å². The van der Waals surface area contributed by atoms with Crippen LogP contribution in [0.15, 0.2) is 51.7 Å². The smallest absolute Gasteiger partial charge is 0.200 e. The topological polar surface area (TPSA) is 62.5 Å². The normalized spacial score (nSPS) is 12.7. The summed E-state index contributed by atoms with van der Waals surface area (Å²) in [7, 11) is 0. The number of benzene rings is 2. The fraction of sp³-hybridized carbons (Fsp3) is 0.235. The first kappa shape index (κ1) is 13.6. The summed E-state index contributed by atoms with van der Waals surface area (Å²) >= 11 is 0. The molecule has 0 spiro atoms. The van der Waals surface area contributed by atoms with E-state index in [-0.39, 0.29) is 18.1 Å². The summed E-state index contributed by atoms with van der Waals surface area (Å²) in [6.07, 6.45) is 0.782. The van der Waals surface area contributed by atoms with E-state index in [1.54, 1.807) is 18.2 Å². The van der Waals surface area contributed by atoms with Gasteiger partial charge in [0.2, 0.25) is 5.43 Å². The van der Waals surface area contributed by atoms with Gasteiger partial charge in [-0.15, -0.1) is 0 Å². The molecule has 0 bridgehead atoms. The van der Waals surface area contributed by atoms with Crippen molar-refractivity contribution in [3.63, 3.8) is 0 Å². The summed E-state index contributed by atoms with van der Waals surface area (Å²) in [6.45, 7) is 2.02. The molecule has 0 saturated heterocycles. The van der Waals surface area contributed by atoms with E-state index in [0.717, 1.165) is 12.1 Å². The first-order valence-electron chi connectivity index (χ1n) is 7.06. The van der Waals surface area contributed by atoms with Crippen LogP contribution in [0.25, 0.3) is 21.9 Å². The molecule has 2 aromatic carbocycles. The van der Waals surface area contributed by atoms with Gasteiger partial charge in [0.1, 0.15) is 5.58 Å². The van der Waals surface area contributed by atoms with Gasteiger partial charge in [0.05, 0.1) is 23.1 Å². The number of anilines is 1. The SMILES string of the molecule is CCC(CO)Nc1cccc2c(=O)c3ccccc3oc12. The fourth-order valence-corrected chi connectivity index (χ4v) is 2.43. The van der Waals surface area contributed by atoms with Crippen LogP contribution in [0, 0.1) is 0 Å². The lowest BCUT2D eigenvalue weighted by molar-refractivity contribution is 0.272. The van der Waals surface area contributed by atoms with Gasteiger partial charge in [-0.1, -0.05) is 25.1 Å². The number of hydrogen-bond acceptors (Lipinski definition) is 4. The standard InChI is InChI=1S/C17H17NO3/c1-2-11(10-19)18-14-8-5-7-13-16(20)12-6-3-4-9-15(12)21-17(13)14/h3-9,11,18-19H,2,10H2,1H3. The van der Waals surface area contributed by atoms with Crippen molar-refractivity contribution in [2.24, 2.45) is 0 Å². The highest BCUT2D eigenvalue weighted by atomic mass is 16.3. The molecule has 1 unspecified atom stereocenters. The van der Waals surface area contributed by atoms with Gasteiger partial charge in [0.25, 0.3) is 0 Å². The number of para-hydroxylation sites is 2. The van der Waals surface area contributed by atoms with E-state index in [0.29, 0.717) is 21.9 Å². The van der Waals surface area contributed by atoms with Crippen molar-refractivity contribution in [1.82, 2.24) is 0 Å². The minimum atomic E-state index is -0.0626. The molecule has 108 valence electrons. The summed E-state index contributed by atoms with van der Waals surface area (Å²) in [4.78, 5) is 12.5. The molecule has 21 heavy (non-hydrogen) atoms. The molecule has 1 aromatic heterocycles. The molecule has 1 atom stereocenters. The second kappa shape index (κ2) is 5.58. The molecule has 0 amide bonds. The van der Waals surface area contributed by atoms with E-state index in [2.05, 4.69) is 5.32 Å². The van der Waals surface area contributed by atoms with Gasteiger partial charge in [-0.2, -0.15) is 0 Å². The Morgan fingerprint density at radius 1 is 1.14 bits per heavy atom. The van der Waals surface area contributed by atoms with Crippen LogP contribution in [0.5, 0.6) is 0 Å². The van der Waals surface area contributed by atoms with E-state index >= 15 is 0 Å². The van der Waals surface area contributed by atoms with Crippen molar-refractivity contribution in [2.45, 2.75) is 19.4 Å². The first-order chi connectivity index (χ1) is 10.2. The van der Waals surface area contributed by atoms with Crippen LogP contribution in [-0.4, -0.2) is 17.8 Å². The Morgan fingerprint density at radius 3 is 2.67 bits per heavy atom. The molecule has 3 aromatic rings. The van der Waals surface area contributed by atoms with Crippen molar-refractivity contribution >= 4 is 27.6 Å². The quantitative estimate of drug-likeness (QED) is 0.722. The van der Waals surface area contributed by atoms with Crippen LogP contribution in [0.4, 0.5) is 5.69 Å². The third-order valence-electron chi connectivity index (χ3n) is 3.68. The van der Waals surface area contributed by atoms with Crippen LogP contribution < -0.4 is 10.7 Å². The third kappa shape index (κ3) is 2.38. The molecule has 4 heteroatoms. The monoisotopic (exact) mass is 283 g/mol. The third-order valence-corrected chi connectivity index (χ3v) is 3.68. The van der Waals surface area contributed by atoms with Crippen LogP contribution in [0.3, 0.4) is 0 Å². The highest BCUT2D eigenvalue weighted by Gasteiger charge is 2.12. The maximum absolute atomic E-state index is 12.5. The molecular formula is C17H17NO3. The number of hydrogen-bond donors (Lipinski definition) is 2. The zero-order chi connectivity index (χ0) is 14.8.